The molecule has 0 rings (SSSR count). The molecule has 0 atom stereocenters. The molecule has 0 saturated heterocycles. The topological polar surface area (TPSA) is 43.1 Å². The lowest BCUT2D eigenvalue weighted by Gasteiger charge is -1.97. The van der Waals surface area contributed by atoms with E-state index in [1.807, 2.05) is 0 Å². The van der Waals surface area contributed by atoms with Gasteiger partial charge in [0.2, 0.25) is 0 Å². The van der Waals surface area contributed by atoms with Crippen molar-refractivity contribution in [1.29, 1.82) is 0 Å². The number of carbonyl (C=O) groups excluding carboxylic acids is 1. The van der Waals surface area contributed by atoms with Gasteiger partial charge in [0.1, 0.15) is 5.78 Å². The van der Waals surface area contributed by atoms with Crippen molar-refractivity contribution in [2.75, 3.05) is 7.05 Å². The molecule has 0 bridgehead atoms. The Bertz CT molecular complexity index is 102. The Morgan fingerprint density at radius 2 is 1.38 bits per heavy atom. The van der Waals surface area contributed by atoms with Crippen LogP contribution in [0.2, 0.25) is 0 Å². The largest absolute Gasteiger partial charge is 0.333 e. The zero-order valence-corrected chi connectivity index (χ0v) is 9.44. The molecule has 0 aromatic rings. The van der Waals surface area contributed by atoms with Crippen LogP contribution in [0.3, 0.4) is 0 Å². The quantitative estimate of drug-likeness (QED) is 0.623. The van der Waals surface area contributed by atoms with E-state index in [0.29, 0.717) is 5.78 Å². The summed E-state index contributed by atoms with van der Waals surface area (Å²) in [7, 11) is 1.50. The standard InChI is InChI=1S/C10H20O.CH5N/c1-3-5-7-9-10(11)8-6-4-2;1-2/h3-9H2,1-2H3;2H2,1H3. The van der Waals surface area contributed by atoms with Gasteiger partial charge >= 0.3 is 0 Å². The molecule has 0 spiro atoms. The summed E-state index contributed by atoms with van der Waals surface area (Å²) >= 11 is 0. The Morgan fingerprint density at radius 3 is 1.85 bits per heavy atom. The van der Waals surface area contributed by atoms with Crippen LogP contribution >= 0.6 is 0 Å². The monoisotopic (exact) mass is 187 g/mol. The molecular formula is C11H25NO. The van der Waals surface area contributed by atoms with Gasteiger partial charge in [0.25, 0.3) is 0 Å². The lowest BCUT2D eigenvalue weighted by molar-refractivity contribution is -0.119. The summed E-state index contributed by atoms with van der Waals surface area (Å²) in [4.78, 5) is 11.1. The van der Waals surface area contributed by atoms with Crippen LogP contribution < -0.4 is 5.73 Å². The molecular weight excluding hydrogens is 162 g/mol. The minimum Gasteiger partial charge on any atom is -0.333 e. The van der Waals surface area contributed by atoms with Crippen LogP contribution in [0.25, 0.3) is 0 Å². The lowest BCUT2D eigenvalue weighted by Crippen LogP contribution is -1.96. The van der Waals surface area contributed by atoms with E-state index in [2.05, 4.69) is 19.6 Å². The molecule has 0 heterocycles. The Morgan fingerprint density at radius 1 is 0.923 bits per heavy atom. The summed E-state index contributed by atoms with van der Waals surface area (Å²) in [5, 5.41) is 0. The number of unbranched alkanes of at least 4 members (excludes halogenated alkanes) is 3. The van der Waals surface area contributed by atoms with Crippen molar-refractivity contribution < 1.29 is 4.79 Å². The molecule has 0 unspecified atom stereocenters. The van der Waals surface area contributed by atoms with Crippen LogP contribution in [0.5, 0.6) is 0 Å². The van der Waals surface area contributed by atoms with Gasteiger partial charge < -0.3 is 5.73 Å². The van der Waals surface area contributed by atoms with Crippen molar-refractivity contribution >= 4 is 5.78 Å². The molecule has 80 valence electrons. The Kier molecular flexibility index (Phi) is 16.5. The molecule has 0 aliphatic rings. The predicted molar refractivity (Wildman–Crippen MR) is 58.8 cm³/mol. The smallest absolute Gasteiger partial charge is 0.132 e. The minimum absolute atomic E-state index is 0.459. The van der Waals surface area contributed by atoms with E-state index < -0.39 is 0 Å². The molecule has 2 nitrogen and oxygen atoms in total. The third-order valence-electron chi connectivity index (χ3n) is 1.87. The predicted octanol–water partition coefficient (Wildman–Crippen LogP) is 2.90. The average Bonchev–Trinajstić information content (AvgIpc) is 2.18. The van der Waals surface area contributed by atoms with Gasteiger partial charge in [-0.1, -0.05) is 33.1 Å². The van der Waals surface area contributed by atoms with Crippen LogP contribution in [0.1, 0.15) is 58.8 Å². The highest BCUT2D eigenvalue weighted by Gasteiger charge is 1.99. The van der Waals surface area contributed by atoms with E-state index in [9.17, 15) is 4.79 Å². The molecule has 0 amide bonds. The van der Waals surface area contributed by atoms with Crippen LogP contribution in [0.15, 0.2) is 0 Å². The van der Waals surface area contributed by atoms with Crippen LogP contribution in [0.4, 0.5) is 0 Å². The van der Waals surface area contributed by atoms with Gasteiger partial charge in [0.15, 0.2) is 0 Å². The van der Waals surface area contributed by atoms with Gasteiger partial charge in [0.05, 0.1) is 0 Å². The molecule has 0 radical (unpaired) electrons. The maximum Gasteiger partial charge on any atom is 0.132 e. The van der Waals surface area contributed by atoms with Crippen molar-refractivity contribution in [3.8, 4) is 0 Å². The van der Waals surface area contributed by atoms with E-state index in [1.54, 1.807) is 0 Å². The van der Waals surface area contributed by atoms with Gasteiger partial charge in [-0.2, -0.15) is 0 Å². The number of hydrogen-bond donors (Lipinski definition) is 1. The van der Waals surface area contributed by atoms with Crippen molar-refractivity contribution in [2.24, 2.45) is 5.73 Å². The minimum atomic E-state index is 0.459. The van der Waals surface area contributed by atoms with Crippen molar-refractivity contribution in [1.82, 2.24) is 0 Å². The zero-order chi connectivity index (χ0) is 10.5. The summed E-state index contributed by atoms with van der Waals surface area (Å²) < 4.78 is 0. The first kappa shape index (κ1) is 15.1. The van der Waals surface area contributed by atoms with E-state index in [0.717, 1.165) is 32.1 Å². The molecule has 2 N–H and O–H groups in total. The molecule has 0 fully saturated rings. The highest BCUT2D eigenvalue weighted by molar-refractivity contribution is 5.78. The van der Waals surface area contributed by atoms with Crippen LogP contribution in [0, 0.1) is 0 Å². The first-order valence-corrected chi connectivity index (χ1v) is 5.40. The number of hydrogen-bond acceptors (Lipinski definition) is 2. The fraction of sp³-hybridized carbons (Fsp3) is 0.909. The second-order valence-corrected chi connectivity index (χ2v) is 3.10. The zero-order valence-electron chi connectivity index (χ0n) is 9.44. The number of ketones is 1. The van der Waals surface area contributed by atoms with Crippen LogP contribution in [-0.4, -0.2) is 12.8 Å². The van der Waals surface area contributed by atoms with E-state index >= 15 is 0 Å². The number of nitrogens with two attached hydrogens (primary N) is 1. The van der Waals surface area contributed by atoms with Gasteiger partial charge in [0, 0.05) is 12.8 Å². The van der Waals surface area contributed by atoms with Crippen LogP contribution in [-0.2, 0) is 4.79 Å². The maximum atomic E-state index is 11.1. The Hall–Kier alpha value is -0.370. The van der Waals surface area contributed by atoms with Gasteiger partial charge in [-0.15, -0.1) is 0 Å². The second kappa shape index (κ2) is 14.2. The molecule has 0 aliphatic heterocycles. The fourth-order valence-corrected chi connectivity index (χ4v) is 1.07. The third kappa shape index (κ3) is 14.5. The van der Waals surface area contributed by atoms with Crippen molar-refractivity contribution in [3.05, 3.63) is 0 Å². The molecule has 2 heteroatoms. The summed E-state index contributed by atoms with van der Waals surface area (Å²) in [6, 6.07) is 0. The third-order valence-corrected chi connectivity index (χ3v) is 1.87. The molecule has 0 aromatic carbocycles. The van der Waals surface area contributed by atoms with E-state index in [-0.39, 0.29) is 0 Å². The SMILES string of the molecule is CCCCCC(=O)CCCC.CN. The fourth-order valence-electron chi connectivity index (χ4n) is 1.07. The number of Topliss-reactive ketones (excluding diaryl/α,β-unsaturated/α-hetero) is 1. The van der Waals surface area contributed by atoms with Crippen molar-refractivity contribution in [2.45, 2.75) is 58.8 Å². The normalized spacial score (nSPS) is 8.92. The molecule has 0 aliphatic carbocycles. The summed E-state index contributed by atoms with van der Waals surface area (Å²) in [6.07, 6.45) is 7.34. The first-order valence-electron chi connectivity index (χ1n) is 5.40. The summed E-state index contributed by atoms with van der Waals surface area (Å²) in [5.74, 6) is 0.459. The number of carbonyl (C=O) groups is 1. The maximum absolute atomic E-state index is 11.1. The molecule has 0 saturated carbocycles. The number of rotatable bonds is 7. The first-order chi connectivity index (χ1) is 6.31. The van der Waals surface area contributed by atoms with Gasteiger partial charge in [-0.3, -0.25) is 4.79 Å². The summed E-state index contributed by atoms with van der Waals surface area (Å²) in [6.45, 7) is 4.29. The lowest BCUT2D eigenvalue weighted by atomic mass is 10.1. The molecule has 13 heavy (non-hydrogen) atoms. The molecule has 0 aromatic heterocycles. The van der Waals surface area contributed by atoms with E-state index in [1.165, 1.54) is 19.9 Å². The van der Waals surface area contributed by atoms with Gasteiger partial charge in [-0.05, 0) is 19.9 Å². The van der Waals surface area contributed by atoms with Crippen molar-refractivity contribution in [3.63, 3.8) is 0 Å². The van der Waals surface area contributed by atoms with E-state index in [4.69, 9.17) is 0 Å². The Balaban J connectivity index is 0. The summed E-state index contributed by atoms with van der Waals surface area (Å²) in [5.41, 5.74) is 4.50. The Labute approximate surface area is 82.9 Å². The highest BCUT2D eigenvalue weighted by atomic mass is 16.1. The second-order valence-electron chi connectivity index (χ2n) is 3.10. The highest BCUT2D eigenvalue weighted by Crippen LogP contribution is 2.04. The van der Waals surface area contributed by atoms with Gasteiger partial charge in [-0.25, -0.2) is 0 Å². The average molecular weight is 187 g/mol.